The molecular weight excluding hydrogens is 942 g/mol. The van der Waals surface area contributed by atoms with Crippen molar-refractivity contribution in [2.45, 2.75) is 124 Å². The number of carbonyl (C=O) groups is 4. The van der Waals surface area contributed by atoms with Crippen molar-refractivity contribution < 1.29 is 33.8 Å². The van der Waals surface area contributed by atoms with Gasteiger partial charge in [0.15, 0.2) is 0 Å². The van der Waals surface area contributed by atoms with Crippen LogP contribution in [0.5, 0.6) is 5.75 Å². The highest BCUT2D eigenvalue weighted by Crippen LogP contribution is 2.55. The van der Waals surface area contributed by atoms with E-state index in [0.717, 1.165) is 47.0 Å². The number of thiazole rings is 1. The Morgan fingerprint density at radius 1 is 0.972 bits per heavy atom. The van der Waals surface area contributed by atoms with Gasteiger partial charge >= 0.3 is 0 Å². The second kappa shape index (κ2) is 20.5. The van der Waals surface area contributed by atoms with Crippen molar-refractivity contribution in [3.05, 3.63) is 93.7 Å². The number of β-amino-alcohol motifs (C(OH)–C–C–N with tert-alkyl or cyclic N) is 1. The molecule has 4 amide bonds. The lowest BCUT2D eigenvalue weighted by Gasteiger charge is -2.63. The van der Waals surface area contributed by atoms with Gasteiger partial charge < -0.3 is 40.3 Å². The van der Waals surface area contributed by atoms with Crippen molar-refractivity contribution in [1.29, 1.82) is 5.26 Å². The van der Waals surface area contributed by atoms with Crippen LogP contribution in [0.2, 0.25) is 5.02 Å². The van der Waals surface area contributed by atoms with Gasteiger partial charge in [0.2, 0.25) is 17.7 Å². The van der Waals surface area contributed by atoms with E-state index in [1.54, 1.807) is 35.7 Å². The third kappa shape index (κ3) is 10.8. The number of hydrogen-bond donors (Lipinski definition) is 4. The van der Waals surface area contributed by atoms with Gasteiger partial charge in [-0.2, -0.15) is 5.26 Å². The zero-order valence-electron chi connectivity index (χ0n) is 42.0. The van der Waals surface area contributed by atoms with E-state index in [1.807, 2.05) is 76.5 Å². The molecule has 16 nitrogen and oxygen atoms in total. The number of nitriles is 1. The maximum atomic E-state index is 14.2. The van der Waals surface area contributed by atoms with Crippen molar-refractivity contribution >= 4 is 52.4 Å². The third-order valence-electron chi connectivity index (χ3n) is 14.9. The number of rotatable bonds is 16. The Balaban J connectivity index is 0.774. The highest BCUT2D eigenvalue weighted by Gasteiger charge is 2.64. The first kappa shape index (κ1) is 51.7. The van der Waals surface area contributed by atoms with Crippen molar-refractivity contribution in [2.24, 2.45) is 16.2 Å². The number of benzene rings is 2. The van der Waals surface area contributed by atoms with Gasteiger partial charge in [-0.25, -0.2) is 9.97 Å². The van der Waals surface area contributed by atoms with Crippen molar-refractivity contribution in [3.8, 4) is 22.3 Å². The fourth-order valence-electron chi connectivity index (χ4n) is 11.4. The average Bonchev–Trinajstić information content (AvgIpc) is 4.14. The maximum absolute atomic E-state index is 14.2. The Hall–Kier alpha value is -5.64. The monoisotopic (exact) mass is 1010 g/mol. The molecule has 3 aliphatic heterocycles. The van der Waals surface area contributed by atoms with E-state index < -0.39 is 46.2 Å². The predicted octanol–water partition coefficient (Wildman–Crippen LogP) is 6.30. The van der Waals surface area contributed by atoms with Crippen LogP contribution in [0.4, 0.5) is 5.82 Å². The number of ether oxygens (including phenoxy) is 2. The molecule has 0 spiro atoms. The first-order valence-electron chi connectivity index (χ1n) is 24.4. The highest BCUT2D eigenvalue weighted by atomic mass is 35.5. The Morgan fingerprint density at radius 2 is 1.70 bits per heavy atom. The van der Waals surface area contributed by atoms with Gasteiger partial charge in [0, 0.05) is 73.8 Å². The van der Waals surface area contributed by atoms with Gasteiger partial charge in [0.05, 0.1) is 51.0 Å². The number of aromatic nitrogens is 2. The molecular formula is C53H66ClN9O7S. The van der Waals surface area contributed by atoms with Gasteiger partial charge in [-0.1, -0.05) is 84.3 Å². The fourth-order valence-corrected chi connectivity index (χ4v) is 12.4. The topological polar surface area (TPSA) is 202 Å². The number of piperazine rings is 1. The minimum absolute atomic E-state index is 0.0168. The number of fused-ring (bicyclic) bond motifs is 2. The average molecular weight is 1010 g/mol. The number of likely N-dealkylation sites (tertiary alicyclic amines) is 2. The number of amides is 4. The Morgan fingerprint density at radius 3 is 2.31 bits per heavy atom. The molecule has 0 radical (unpaired) electrons. The molecule has 2 bridgehead atoms. The molecule has 4 aliphatic rings. The number of halogens is 1. The lowest BCUT2D eigenvalue weighted by molar-refractivity contribution is -0.164. The molecule has 8 rings (SSSR count). The van der Waals surface area contributed by atoms with E-state index in [9.17, 15) is 29.5 Å². The Kier molecular flexibility index (Phi) is 14.9. The summed E-state index contributed by atoms with van der Waals surface area (Å²) in [6.07, 6.45) is 1.59. The molecule has 0 unspecified atom stereocenters. The number of aliphatic hydroxyl groups is 1. The number of aliphatic hydroxyl groups excluding tert-OH is 1. The van der Waals surface area contributed by atoms with Crippen molar-refractivity contribution in [2.75, 3.05) is 44.3 Å². The molecule has 2 aromatic carbocycles. The zero-order valence-corrected chi connectivity index (χ0v) is 43.6. The molecule has 5 heterocycles. The van der Waals surface area contributed by atoms with Gasteiger partial charge in [-0.3, -0.25) is 24.1 Å². The Bertz CT molecular complexity index is 2650. The fraction of sp³-hybridized carbons (Fsp3) is 0.528. The summed E-state index contributed by atoms with van der Waals surface area (Å²) in [5, 5.41) is 29.4. The summed E-state index contributed by atoms with van der Waals surface area (Å²) >= 11 is 7.84. The van der Waals surface area contributed by atoms with Crippen LogP contribution in [0, 0.1) is 34.5 Å². The number of pyridine rings is 1. The predicted molar refractivity (Wildman–Crippen MR) is 272 cm³/mol. The standard InChI is InChI=1S/C53H66ClN9O7S/c1-30(32-10-12-33(13-11-32)44-31(2)57-29-71-44)58-47(67)41-21-38(64)27-63(41)48(68)45(51(3,4)5)59-43(65)28-69-19-18-61-25-37-20-36(61)26-62(37)42-17-15-35(24-56-42)46(66)60-49-52(6,7)50(53(49,8)9)70-39-16-14-34(23-55)40(54)22-39/h10-17,22,24,29-30,36-38,41,45,49-50,64H,18-21,25-28H2,1-9H3,(H,58,67)(H,59,65)(H,60,66)/t30-,36-,37-,38+,41-,45+,49-,50-/m0/s1. The molecule has 4 N–H and O–H groups in total. The quantitative estimate of drug-likeness (QED) is 0.0915. The number of nitrogens with zero attached hydrogens (tertiary/aromatic N) is 6. The van der Waals surface area contributed by atoms with E-state index >= 15 is 0 Å². The van der Waals surface area contributed by atoms with Crippen LogP contribution < -0.4 is 25.6 Å². The number of nitrogens with one attached hydrogen (secondary N) is 3. The van der Waals surface area contributed by atoms with E-state index in [4.69, 9.17) is 26.1 Å². The summed E-state index contributed by atoms with van der Waals surface area (Å²) in [6, 6.07) is 16.9. The van der Waals surface area contributed by atoms with E-state index in [1.165, 1.54) is 4.90 Å². The van der Waals surface area contributed by atoms with Crippen LogP contribution in [0.1, 0.15) is 101 Å². The molecule has 2 aromatic heterocycles. The Labute approximate surface area is 425 Å². The summed E-state index contributed by atoms with van der Waals surface area (Å²) in [4.78, 5) is 71.0. The molecule has 4 aromatic rings. The first-order chi connectivity index (χ1) is 33.6. The van der Waals surface area contributed by atoms with E-state index in [-0.39, 0.29) is 61.7 Å². The van der Waals surface area contributed by atoms with Gasteiger partial charge in [0.25, 0.3) is 5.91 Å². The van der Waals surface area contributed by atoms with Crippen LogP contribution in [0.15, 0.2) is 66.3 Å². The largest absolute Gasteiger partial charge is 0.489 e. The van der Waals surface area contributed by atoms with Crippen molar-refractivity contribution in [3.63, 3.8) is 0 Å². The van der Waals surface area contributed by atoms with Crippen LogP contribution >= 0.6 is 22.9 Å². The minimum Gasteiger partial charge on any atom is -0.489 e. The van der Waals surface area contributed by atoms with Crippen molar-refractivity contribution in [1.82, 2.24) is 35.7 Å². The number of anilines is 1. The number of carbonyl (C=O) groups excluding carboxylic acids is 4. The lowest BCUT2D eigenvalue weighted by atomic mass is 9.49. The smallest absolute Gasteiger partial charge is 0.253 e. The second-order valence-electron chi connectivity index (χ2n) is 21.8. The number of aryl methyl sites for hydroxylation is 1. The highest BCUT2D eigenvalue weighted by molar-refractivity contribution is 7.13. The van der Waals surface area contributed by atoms with Gasteiger partial charge in [-0.15, -0.1) is 11.3 Å². The molecule has 3 saturated heterocycles. The lowest BCUT2D eigenvalue weighted by Crippen LogP contribution is -2.74. The second-order valence-corrected chi connectivity index (χ2v) is 23.1. The van der Waals surface area contributed by atoms with E-state index in [0.29, 0.717) is 35.1 Å². The molecule has 1 saturated carbocycles. The van der Waals surface area contributed by atoms with Crippen LogP contribution in [-0.2, 0) is 19.1 Å². The van der Waals surface area contributed by atoms with Crippen LogP contribution in [-0.4, -0.2) is 130 Å². The minimum atomic E-state index is -0.964. The third-order valence-corrected chi connectivity index (χ3v) is 16.2. The van der Waals surface area contributed by atoms with Crippen LogP contribution in [0.3, 0.4) is 0 Å². The summed E-state index contributed by atoms with van der Waals surface area (Å²) in [6.45, 7) is 20.0. The SMILES string of the molecule is Cc1ncsc1-c1ccc([C@H](C)NC(=O)[C@@H]2C[C@@H](O)CN2C(=O)[C@@H](NC(=O)COCCN2C[C@@H]3C[C@H]2CN3c2ccc(C(=O)N[C@H]3C(C)(C)[C@H](Oc4ccc(C#N)c(Cl)c4)C3(C)C)cn2)C(C)(C)C)cc1. The normalized spacial score (nSPS) is 24.1. The number of hydrogen-bond acceptors (Lipinski definition) is 13. The molecule has 4 fully saturated rings. The molecule has 1 aliphatic carbocycles. The summed E-state index contributed by atoms with van der Waals surface area (Å²) < 4.78 is 12.2. The summed E-state index contributed by atoms with van der Waals surface area (Å²) in [7, 11) is 0. The summed E-state index contributed by atoms with van der Waals surface area (Å²) in [5.74, 6) is -0.0491. The first-order valence-corrected chi connectivity index (χ1v) is 25.6. The molecule has 6 atom stereocenters. The van der Waals surface area contributed by atoms with Crippen LogP contribution in [0.25, 0.3) is 10.4 Å². The van der Waals surface area contributed by atoms with Gasteiger partial charge in [-0.05, 0) is 61.1 Å². The maximum Gasteiger partial charge on any atom is 0.253 e. The molecule has 18 heteroatoms. The molecule has 71 heavy (non-hydrogen) atoms. The van der Waals surface area contributed by atoms with Gasteiger partial charge in [0.1, 0.15) is 42.4 Å². The molecule has 378 valence electrons. The summed E-state index contributed by atoms with van der Waals surface area (Å²) in [5.41, 5.74) is 4.09. The zero-order chi connectivity index (χ0) is 51.2. The van der Waals surface area contributed by atoms with E-state index in [2.05, 4.69) is 64.5 Å².